The first-order valence-corrected chi connectivity index (χ1v) is 7.46. The second kappa shape index (κ2) is 3.08. The molecule has 96 valence electrons. The first-order valence-electron chi connectivity index (χ1n) is 7.46. The molecule has 2 aliphatic carbocycles. The van der Waals surface area contributed by atoms with Crippen LogP contribution in [0.3, 0.4) is 0 Å². The summed E-state index contributed by atoms with van der Waals surface area (Å²) in [5.41, 5.74) is 0.411. The fourth-order valence-corrected chi connectivity index (χ4v) is 4.51. The molecule has 2 saturated carbocycles. The molecule has 17 heavy (non-hydrogen) atoms. The second-order valence-corrected chi connectivity index (χ2v) is 7.52. The molecular formula is C15H24O2. The highest BCUT2D eigenvalue weighted by Gasteiger charge is 2.93. The molecule has 1 atom stereocenters. The Labute approximate surface area is 104 Å². The van der Waals surface area contributed by atoms with Crippen LogP contribution in [-0.2, 0) is 9.47 Å². The van der Waals surface area contributed by atoms with Gasteiger partial charge in [-0.1, -0.05) is 46.0 Å². The van der Waals surface area contributed by atoms with E-state index >= 15 is 0 Å². The van der Waals surface area contributed by atoms with E-state index in [0.29, 0.717) is 5.41 Å². The van der Waals surface area contributed by atoms with Crippen molar-refractivity contribution in [2.75, 3.05) is 0 Å². The van der Waals surface area contributed by atoms with Crippen LogP contribution in [0.5, 0.6) is 0 Å². The number of ether oxygens (including phenoxy) is 2. The average molecular weight is 236 g/mol. The summed E-state index contributed by atoms with van der Waals surface area (Å²) in [6, 6.07) is 0. The van der Waals surface area contributed by atoms with Crippen molar-refractivity contribution in [2.45, 2.75) is 76.8 Å². The molecule has 0 aromatic rings. The zero-order valence-electron chi connectivity index (χ0n) is 11.1. The Bertz CT molecular complexity index is 335. The molecule has 0 radical (unpaired) electrons. The van der Waals surface area contributed by atoms with Gasteiger partial charge < -0.3 is 9.47 Å². The summed E-state index contributed by atoms with van der Waals surface area (Å²) in [6.07, 6.45) is 11.0. The van der Waals surface area contributed by atoms with Crippen molar-refractivity contribution < 1.29 is 9.47 Å². The first kappa shape index (κ1) is 10.8. The molecule has 4 aliphatic rings. The van der Waals surface area contributed by atoms with Crippen molar-refractivity contribution in [1.29, 1.82) is 0 Å². The van der Waals surface area contributed by atoms with Crippen LogP contribution in [0.2, 0.25) is 0 Å². The van der Waals surface area contributed by atoms with Gasteiger partial charge in [0.05, 0.1) is 0 Å². The van der Waals surface area contributed by atoms with Gasteiger partial charge in [-0.25, -0.2) is 0 Å². The predicted molar refractivity (Wildman–Crippen MR) is 65.3 cm³/mol. The van der Waals surface area contributed by atoms with Crippen LogP contribution in [0.1, 0.15) is 65.2 Å². The Morgan fingerprint density at radius 1 is 1.00 bits per heavy atom. The molecule has 2 heterocycles. The van der Waals surface area contributed by atoms with Gasteiger partial charge in [0.25, 0.3) is 0 Å². The van der Waals surface area contributed by atoms with Gasteiger partial charge in [-0.05, 0) is 23.7 Å². The Balaban J connectivity index is 1.45. The standard InChI is InChI=1S/C15H24O2/c1-13(2)10-15-14(16-15,17-15)9-12(13)8-11-6-4-3-5-7-11/h11-12H,3-10H2,1-2H3. The highest BCUT2D eigenvalue weighted by Crippen LogP contribution is 2.78. The van der Waals surface area contributed by atoms with Gasteiger partial charge in [0, 0.05) is 12.8 Å². The lowest BCUT2D eigenvalue weighted by atomic mass is 9.65. The molecule has 2 nitrogen and oxygen atoms in total. The lowest BCUT2D eigenvalue weighted by molar-refractivity contribution is -0.0960. The van der Waals surface area contributed by atoms with Crippen molar-refractivity contribution in [1.82, 2.24) is 0 Å². The largest absolute Gasteiger partial charge is 0.307 e. The predicted octanol–water partition coefficient (Wildman–Crippen LogP) is 3.85. The summed E-state index contributed by atoms with van der Waals surface area (Å²) in [5.74, 6) is 1.61. The van der Waals surface area contributed by atoms with E-state index in [0.717, 1.165) is 24.7 Å². The maximum Gasteiger partial charge on any atom is 0.229 e. The highest BCUT2D eigenvalue weighted by molar-refractivity contribution is 5.23. The monoisotopic (exact) mass is 236 g/mol. The first-order chi connectivity index (χ1) is 8.05. The van der Waals surface area contributed by atoms with Crippen LogP contribution < -0.4 is 0 Å². The topological polar surface area (TPSA) is 25.1 Å². The molecule has 2 saturated heterocycles. The summed E-state index contributed by atoms with van der Waals surface area (Å²) in [4.78, 5) is 0. The molecule has 0 aromatic heterocycles. The fourth-order valence-electron chi connectivity index (χ4n) is 4.51. The van der Waals surface area contributed by atoms with E-state index in [1.807, 2.05) is 0 Å². The molecule has 0 bridgehead atoms. The third-order valence-corrected chi connectivity index (χ3v) is 5.81. The van der Waals surface area contributed by atoms with Crippen molar-refractivity contribution in [3.8, 4) is 0 Å². The normalized spacial score (nSPS) is 51.5. The molecule has 1 unspecified atom stereocenters. The zero-order valence-corrected chi connectivity index (χ0v) is 11.1. The van der Waals surface area contributed by atoms with Crippen LogP contribution in [0.4, 0.5) is 0 Å². The quantitative estimate of drug-likeness (QED) is 0.680. The highest BCUT2D eigenvalue weighted by atomic mass is 17.0. The van der Waals surface area contributed by atoms with Crippen LogP contribution in [0.25, 0.3) is 0 Å². The van der Waals surface area contributed by atoms with E-state index in [-0.39, 0.29) is 11.6 Å². The summed E-state index contributed by atoms with van der Waals surface area (Å²) in [5, 5.41) is 0. The molecule has 2 heteroatoms. The van der Waals surface area contributed by atoms with Gasteiger partial charge in [0.1, 0.15) is 0 Å². The molecular weight excluding hydrogens is 212 g/mol. The molecule has 0 amide bonds. The summed E-state index contributed by atoms with van der Waals surface area (Å²) < 4.78 is 11.5. The third kappa shape index (κ3) is 1.46. The lowest BCUT2D eigenvalue weighted by Crippen LogP contribution is -2.33. The molecule has 0 N–H and O–H groups in total. The minimum Gasteiger partial charge on any atom is -0.307 e. The smallest absolute Gasteiger partial charge is 0.229 e. The number of rotatable bonds is 2. The minimum absolute atomic E-state index is 0.0815. The second-order valence-electron chi connectivity index (χ2n) is 7.52. The van der Waals surface area contributed by atoms with Crippen molar-refractivity contribution in [2.24, 2.45) is 17.3 Å². The van der Waals surface area contributed by atoms with Crippen molar-refractivity contribution >= 4 is 0 Å². The molecule has 0 spiro atoms. The Hall–Kier alpha value is -0.0800. The van der Waals surface area contributed by atoms with Gasteiger partial charge in [0.15, 0.2) is 0 Å². The average Bonchev–Trinajstić information content (AvgIpc) is 3.03. The third-order valence-electron chi connectivity index (χ3n) is 5.81. The molecule has 0 aromatic carbocycles. The van der Waals surface area contributed by atoms with Gasteiger partial charge >= 0.3 is 0 Å². The van der Waals surface area contributed by atoms with Gasteiger partial charge in [-0.2, -0.15) is 0 Å². The van der Waals surface area contributed by atoms with Gasteiger partial charge in [0.2, 0.25) is 11.6 Å². The molecule has 2 aliphatic heterocycles. The van der Waals surface area contributed by atoms with Crippen LogP contribution in [0, 0.1) is 17.3 Å². The molecule has 4 fully saturated rings. The zero-order chi connectivity index (χ0) is 11.7. The number of epoxide rings is 2. The van der Waals surface area contributed by atoms with E-state index in [1.54, 1.807) is 0 Å². The Morgan fingerprint density at radius 2 is 1.71 bits per heavy atom. The summed E-state index contributed by atoms with van der Waals surface area (Å²) in [6.45, 7) is 4.84. The SMILES string of the molecule is CC1(C)CC23OC2(CC1CC1CCCCC1)O3. The van der Waals surface area contributed by atoms with E-state index in [1.165, 1.54) is 38.5 Å². The van der Waals surface area contributed by atoms with Crippen molar-refractivity contribution in [3.05, 3.63) is 0 Å². The van der Waals surface area contributed by atoms with E-state index < -0.39 is 0 Å². The van der Waals surface area contributed by atoms with Gasteiger partial charge in [-0.3, -0.25) is 0 Å². The Morgan fingerprint density at radius 3 is 2.41 bits per heavy atom. The fraction of sp³-hybridized carbons (Fsp3) is 1.00. The van der Waals surface area contributed by atoms with E-state index in [2.05, 4.69) is 13.8 Å². The maximum atomic E-state index is 5.77. The van der Waals surface area contributed by atoms with E-state index in [4.69, 9.17) is 9.47 Å². The number of hydrogen-bond acceptors (Lipinski definition) is 2. The Kier molecular flexibility index (Phi) is 1.96. The maximum absolute atomic E-state index is 5.77. The van der Waals surface area contributed by atoms with Crippen LogP contribution >= 0.6 is 0 Å². The van der Waals surface area contributed by atoms with Gasteiger partial charge in [-0.15, -0.1) is 0 Å². The van der Waals surface area contributed by atoms with E-state index in [9.17, 15) is 0 Å². The lowest BCUT2D eigenvalue weighted by Gasteiger charge is -2.38. The van der Waals surface area contributed by atoms with Crippen LogP contribution in [-0.4, -0.2) is 11.6 Å². The molecule has 4 rings (SSSR count). The van der Waals surface area contributed by atoms with Crippen molar-refractivity contribution in [3.63, 3.8) is 0 Å². The van der Waals surface area contributed by atoms with Crippen LogP contribution in [0.15, 0.2) is 0 Å². The summed E-state index contributed by atoms with van der Waals surface area (Å²) >= 11 is 0. The summed E-state index contributed by atoms with van der Waals surface area (Å²) in [7, 11) is 0. The minimum atomic E-state index is -0.0977. The number of hydrogen-bond donors (Lipinski definition) is 0.